The number of benzene rings is 2. The van der Waals surface area contributed by atoms with E-state index in [1.807, 2.05) is 68.4 Å². The number of hydrogen-bond donors (Lipinski definition) is 2. The van der Waals surface area contributed by atoms with Crippen LogP contribution in [0.3, 0.4) is 0 Å². The number of rotatable bonds is 13. The molecule has 0 radical (unpaired) electrons. The molecular formula is C27H38N2O4S. The molecule has 6 nitrogen and oxygen atoms in total. The number of allylic oxidation sites excluding steroid dienone is 1. The molecule has 0 heterocycles. The van der Waals surface area contributed by atoms with Gasteiger partial charge in [0.1, 0.15) is 12.0 Å². The number of aliphatic hydroxyl groups excluding tert-OH is 1. The van der Waals surface area contributed by atoms with Crippen LogP contribution in [0.4, 0.5) is 0 Å². The first kappa shape index (κ1) is 29.4. The Bertz CT molecular complexity index is 857. The zero-order valence-electron chi connectivity index (χ0n) is 20.8. The molecule has 0 aliphatic heterocycles. The minimum atomic E-state index is -0.812. The van der Waals surface area contributed by atoms with Crippen LogP contribution < -0.4 is 10.1 Å². The Hall–Kier alpha value is -2.61. The fraction of sp³-hybridized carbons (Fsp3) is 0.407. The van der Waals surface area contributed by atoms with Crippen LogP contribution in [0.5, 0.6) is 5.75 Å². The lowest BCUT2D eigenvalue weighted by atomic mass is 10.0. The van der Waals surface area contributed by atoms with E-state index in [0.717, 1.165) is 28.8 Å². The summed E-state index contributed by atoms with van der Waals surface area (Å²) in [6.07, 6.45) is 2.54. The van der Waals surface area contributed by atoms with E-state index in [2.05, 4.69) is 23.5 Å². The zero-order chi connectivity index (χ0) is 25.3. The summed E-state index contributed by atoms with van der Waals surface area (Å²) in [5, 5.41) is 14.0. The van der Waals surface area contributed by atoms with Crippen molar-refractivity contribution in [3.05, 3.63) is 72.3 Å². The molecule has 0 spiro atoms. The standard InChI is InChI=1S/C25H32N2O4S.C2H6/c1-19(2)17-27(32-22-13-11-21(31-3)12-14-22)18-24(29)23(26-25(30)10-7-15-28)16-20-8-5-4-6-9-20;1-2/h4-15,19,23-24,29H,16-18H2,1-3H3,(H,26,30);1-2H3/b10-7+;. The van der Waals surface area contributed by atoms with Crippen molar-refractivity contribution in [2.75, 3.05) is 20.2 Å². The Balaban J connectivity index is 0.00000281. The molecule has 186 valence electrons. The summed E-state index contributed by atoms with van der Waals surface area (Å²) >= 11 is 1.57. The van der Waals surface area contributed by atoms with Gasteiger partial charge >= 0.3 is 0 Å². The molecule has 0 aromatic heterocycles. The van der Waals surface area contributed by atoms with E-state index in [1.165, 1.54) is 6.08 Å². The van der Waals surface area contributed by atoms with Gasteiger partial charge in [0.2, 0.25) is 5.91 Å². The minimum Gasteiger partial charge on any atom is -0.497 e. The highest BCUT2D eigenvalue weighted by Gasteiger charge is 2.24. The summed E-state index contributed by atoms with van der Waals surface area (Å²) < 4.78 is 7.34. The molecule has 2 aromatic carbocycles. The van der Waals surface area contributed by atoms with Crippen molar-refractivity contribution in [3.63, 3.8) is 0 Å². The second kappa shape index (κ2) is 16.9. The molecule has 2 aromatic rings. The van der Waals surface area contributed by atoms with Crippen LogP contribution >= 0.6 is 11.9 Å². The number of aldehydes is 1. The summed E-state index contributed by atoms with van der Waals surface area (Å²) in [4.78, 5) is 23.8. The molecular weight excluding hydrogens is 448 g/mol. The first-order chi connectivity index (χ1) is 16.4. The maximum Gasteiger partial charge on any atom is 0.244 e. The molecule has 0 fully saturated rings. The van der Waals surface area contributed by atoms with Gasteiger partial charge in [-0.15, -0.1) is 0 Å². The maximum absolute atomic E-state index is 12.2. The van der Waals surface area contributed by atoms with Crippen LogP contribution in [0.15, 0.2) is 71.6 Å². The lowest BCUT2D eigenvalue weighted by Gasteiger charge is -2.30. The minimum absolute atomic E-state index is 0.365. The summed E-state index contributed by atoms with van der Waals surface area (Å²) in [5.74, 6) is 0.778. The van der Waals surface area contributed by atoms with E-state index in [9.17, 15) is 14.7 Å². The Morgan fingerprint density at radius 2 is 1.74 bits per heavy atom. The summed E-state index contributed by atoms with van der Waals surface area (Å²) in [5.41, 5.74) is 1.01. The van der Waals surface area contributed by atoms with Gasteiger partial charge in [-0.3, -0.25) is 9.59 Å². The van der Waals surface area contributed by atoms with Gasteiger partial charge in [0.25, 0.3) is 0 Å². The number of methoxy groups -OCH3 is 1. The maximum atomic E-state index is 12.2. The van der Waals surface area contributed by atoms with Crippen LogP contribution in [0, 0.1) is 5.92 Å². The molecule has 0 aliphatic carbocycles. The van der Waals surface area contributed by atoms with E-state index in [1.54, 1.807) is 19.1 Å². The van der Waals surface area contributed by atoms with Gasteiger partial charge in [-0.25, -0.2) is 4.31 Å². The van der Waals surface area contributed by atoms with Gasteiger partial charge in [0.15, 0.2) is 0 Å². The number of carbonyl (C=O) groups excluding carboxylic acids is 2. The van der Waals surface area contributed by atoms with Gasteiger partial charge in [-0.2, -0.15) is 0 Å². The SMILES string of the molecule is CC.COc1ccc(SN(CC(C)C)CC(O)C(Cc2ccccc2)NC(=O)/C=C/C=O)cc1. The van der Waals surface area contributed by atoms with Crippen molar-refractivity contribution in [1.82, 2.24) is 9.62 Å². The number of carbonyl (C=O) groups is 2. The van der Waals surface area contributed by atoms with Crippen LogP contribution in [0.1, 0.15) is 33.3 Å². The van der Waals surface area contributed by atoms with Crippen molar-refractivity contribution >= 4 is 24.1 Å². The third kappa shape index (κ3) is 11.5. The first-order valence-electron chi connectivity index (χ1n) is 11.6. The first-order valence-corrected chi connectivity index (χ1v) is 12.4. The molecule has 2 rings (SSSR count). The van der Waals surface area contributed by atoms with Gasteiger partial charge in [0, 0.05) is 24.1 Å². The highest BCUT2D eigenvalue weighted by atomic mass is 32.2. The molecule has 0 aliphatic rings. The lowest BCUT2D eigenvalue weighted by Crippen LogP contribution is -2.48. The molecule has 34 heavy (non-hydrogen) atoms. The predicted molar refractivity (Wildman–Crippen MR) is 140 cm³/mol. The number of nitrogens with zero attached hydrogens (tertiary/aromatic N) is 1. The van der Waals surface area contributed by atoms with Crippen molar-refractivity contribution in [1.29, 1.82) is 0 Å². The van der Waals surface area contributed by atoms with Crippen LogP contribution in [0.25, 0.3) is 0 Å². The Kier molecular flexibility index (Phi) is 14.6. The third-order valence-corrected chi connectivity index (χ3v) is 5.71. The summed E-state index contributed by atoms with van der Waals surface area (Å²) in [6, 6.07) is 17.0. The summed E-state index contributed by atoms with van der Waals surface area (Å²) in [7, 11) is 1.63. The summed E-state index contributed by atoms with van der Waals surface area (Å²) in [6.45, 7) is 9.39. The third-order valence-electron chi connectivity index (χ3n) is 4.67. The largest absolute Gasteiger partial charge is 0.497 e. The highest BCUT2D eigenvalue weighted by molar-refractivity contribution is 7.97. The molecule has 0 saturated carbocycles. The van der Waals surface area contributed by atoms with E-state index in [4.69, 9.17) is 4.74 Å². The number of ether oxygens (including phenoxy) is 1. The molecule has 2 atom stereocenters. The molecule has 7 heteroatoms. The second-order valence-corrected chi connectivity index (χ2v) is 9.05. The van der Waals surface area contributed by atoms with Crippen molar-refractivity contribution < 1.29 is 19.4 Å². The Labute approximate surface area is 208 Å². The van der Waals surface area contributed by atoms with Crippen LogP contribution in [-0.4, -0.2) is 54.0 Å². The molecule has 0 bridgehead atoms. The topological polar surface area (TPSA) is 78.9 Å². The number of nitrogens with one attached hydrogen (secondary N) is 1. The van der Waals surface area contributed by atoms with Crippen molar-refractivity contribution in [2.45, 2.75) is 51.2 Å². The normalized spacial score (nSPS) is 12.7. The number of hydrogen-bond acceptors (Lipinski definition) is 6. The van der Waals surface area contributed by atoms with E-state index >= 15 is 0 Å². The number of aliphatic hydroxyl groups is 1. The van der Waals surface area contributed by atoms with Crippen LogP contribution in [-0.2, 0) is 16.0 Å². The quantitative estimate of drug-likeness (QED) is 0.246. The molecule has 0 saturated heterocycles. The Morgan fingerprint density at radius 3 is 2.29 bits per heavy atom. The fourth-order valence-electron chi connectivity index (χ4n) is 3.19. The lowest BCUT2D eigenvalue weighted by molar-refractivity contribution is -0.118. The molecule has 2 N–H and O–H groups in total. The van der Waals surface area contributed by atoms with Crippen LogP contribution in [0.2, 0.25) is 0 Å². The fourth-order valence-corrected chi connectivity index (χ4v) is 4.34. The zero-order valence-corrected chi connectivity index (χ0v) is 21.6. The Morgan fingerprint density at radius 1 is 1.09 bits per heavy atom. The van der Waals surface area contributed by atoms with Crippen molar-refractivity contribution in [3.8, 4) is 5.75 Å². The van der Waals surface area contributed by atoms with E-state index < -0.39 is 18.1 Å². The smallest absolute Gasteiger partial charge is 0.244 e. The van der Waals surface area contributed by atoms with Gasteiger partial charge in [-0.05, 0) is 60.2 Å². The average molecular weight is 487 g/mol. The highest BCUT2D eigenvalue weighted by Crippen LogP contribution is 2.26. The van der Waals surface area contributed by atoms with Gasteiger partial charge in [0.05, 0.1) is 19.3 Å². The predicted octanol–water partition coefficient (Wildman–Crippen LogP) is 4.53. The number of amides is 1. The monoisotopic (exact) mass is 486 g/mol. The van der Waals surface area contributed by atoms with E-state index in [-0.39, 0.29) is 0 Å². The van der Waals surface area contributed by atoms with Gasteiger partial charge < -0.3 is 15.2 Å². The van der Waals surface area contributed by atoms with E-state index in [0.29, 0.717) is 25.2 Å². The molecule has 1 amide bonds. The average Bonchev–Trinajstić information content (AvgIpc) is 2.84. The molecule has 2 unspecified atom stereocenters. The van der Waals surface area contributed by atoms with Crippen molar-refractivity contribution in [2.24, 2.45) is 5.92 Å². The van der Waals surface area contributed by atoms with Gasteiger partial charge in [-0.1, -0.05) is 58.0 Å². The second-order valence-electron chi connectivity index (χ2n) is 7.87.